The van der Waals surface area contributed by atoms with Crippen molar-refractivity contribution in [2.24, 2.45) is 11.1 Å². The van der Waals surface area contributed by atoms with Crippen LogP contribution in [0.15, 0.2) is 24.3 Å². The monoisotopic (exact) mass is 395 g/mol. The molecule has 6 heteroatoms. The van der Waals surface area contributed by atoms with Crippen LogP contribution in [0.1, 0.15) is 64.9 Å². The van der Waals surface area contributed by atoms with E-state index < -0.39 is 11.6 Å². The Bertz CT molecular complexity index is 647. The van der Waals surface area contributed by atoms with Gasteiger partial charge in [-0.05, 0) is 54.6 Å². The van der Waals surface area contributed by atoms with Crippen LogP contribution >= 0.6 is 23.8 Å². The molecule has 1 aromatic carbocycles. The molecule has 1 amide bonds. The lowest BCUT2D eigenvalue weighted by Crippen LogP contribution is -2.70. The second-order valence-corrected chi connectivity index (χ2v) is 8.87. The lowest BCUT2D eigenvalue weighted by atomic mass is 9.72. The molecule has 0 bridgehead atoms. The summed E-state index contributed by atoms with van der Waals surface area (Å²) in [7, 11) is 0. The molecule has 0 spiro atoms. The van der Waals surface area contributed by atoms with Crippen LogP contribution in [0.25, 0.3) is 0 Å². The fourth-order valence-electron chi connectivity index (χ4n) is 3.60. The largest absolute Gasteiger partial charge is 0.351 e. The van der Waals surface area contributed by atoms with Crippen LogP contribution in [0.3, 0.4) is 0 Å². The highest BCUT2D eigenvalue weighted by Gasteiger charge is 2.47. The number of hydrogen-bond acceptors (Lipinski definition) is 3. The second-order valence-electron chi connectivity index (χ2n) is 8.02. The SMILES string of the molecule is CCCCCC(C)(C)CCC1(c2ccc(Cl)cc2)NC(=S)NC(=O)C1N. The zero-order chi connectivity index (χ0) is 19.4. The molecule has 1 heterocycles. The van der Waals surface area contributed by atoms with Gasteiger partial charge in [0.1, 0.15) is 6.04 Å². The Morgan fingerprint density at radius 2 is 1.88 bits per heavy atom. The molecule has 144 valence electrons. The number of hydrogen-bond donors (Lipinski definition) is 3. The van der Waals surface area contributed by atoms with E-state index in [1.807, 2.05) is 24.3 Å². The first-order chi connectivity index (χ1) is 12.2. The molecule has 0 aromatic heterocycles. The smallest absolute Gasteiger partial charge is 0.245 e. The Morgan fingerprint density at radius 3 is 2.50 bits per heavy atom. The lowest BCUT2D eigenvalue weighted by molar-refractivity contribution is -0.124. The minimum atomic E-state index is -0.721. The van der Waals surface area contributed by atoms with E-state index in [0.29, 0.717) is 10.1 Å². The number of rotatable bonds is 8. The summed E-state index contributed by atoms with van der Waals surface area (Å²) in [5, 5.41) is 6.93. The van der Waals surface area contributed by atoms with E-state index in [1.165, 1.54) is 19.3 Å². The summed E-state index contributed by atoms with van der Waals surface area (Å²) in [5.41, 5.74) is 6.77. The zero-order valence-electron chi connectivity index (χ0n) is 15.9. The maximum absolute atomic E-state index is 12.4. The summed E-state index contributed by atoms with van der Waals surface area (Å²) in [4.78, 5) is 12.4. The first-order valence-corrected chi connectivity index (χ1v) is 10.1. The third-order valence-corrected chi connectivity index (χ3v) is 5.86. The highest BCUT2D eigenvalue weighted by atomic mass is 35.5. The number of carbonyl (C=O) groups is 1. The van der Waals surface area contributed by atoms with Gasteiger partial charge in [-0.3, -0.25) is 4.79 Å². The molecule has 1 fully saturated rings. The predicted molar refractivity (Wildman–Crippen MR) is 112 cm³/mol. The minimum absolute atomic E-state index is 0.172. The van der Waals surface area contributed by atoms with Gasteiger partial charge in [0.15, 0.2) is 5.11 Å². The molecule has 1 aliphatic heterocycles. The third-order valence-electron chi connectivity index (χ3n) is 5.40. The summed E-state index contributed by atoms with van der Waals surface area (Å²) < 4.78 is 0. The topological polar surface area (TPSA) is 67.1 Å². The molecule has 4 nitrogen and oxygen atoms in total. The molecule has 2 unspecified atom stereocenters. The molecule has 1 aliphatic rings. The molecule has 0 radical (unpaired) electrons. The fourth-order valence-corrected chi connectivity index (χ4v) is 4.01. The van der Waals surface area contributed by atoms with Gasteiger partial charge < -0.3 is 16.4 Å². The van der Waals surface area contributed by atoms with Gasteiger partial charge in [-0.1, -0.05) is 63.8 Å². The van der Waals surface area contributed by atoms with Gasteiger partial charge in [0.25, 0.3) is 0 Å². The number of benzene rings is 1. The highest BCUT2D eigenvalue weighted by Crippen LogP contribution is 2.38. The first kappa shape index (κ1) is 21.1. The van der Waals surface area contributed by atoms with Crippen LogP contribution in [0.5, 0.6) is 0 Å². The Morgan fingerprint density at radius 1 is 1.23 bits per heavy atom. The Hall–Kier alpha value is -1.17. The van der Waals surface area contributed by atoms with E-state index in [1.54, 1.807) is 0 Å². The average Bonchev–Trinajstić information content (AvgIpc) is 2.58. The summed E-state index contributed by atoms with van der Waals surface area (Å²) in [6.07, 6.45) is 6.50. The zero-order valence-corrected chi connectivity index (χ0v) is 17.5. The normalized spacial score (nSPS) is 23.5. The maximum atomic E-state index is 12.4. The first-order valence-electron chi connectivity index (χ1n) is 9.35. The van der Waals surface area contributed by atoms with Crippen molar-refractivity contribution in [3.63, 3.8) is 0 Å². The number of unbranched alkanes of at least 4 members (excludes halogenated alkanes) is 2. The average molecular weight is 396 g/mol. The van der Waals surface area contributed by atoms with Crippen LogP contribution < -0.4 is 16.4 Å². The van der Waals surface area contributed by atoms with Gasteiger partial charge in [-0.2, -0.15) is 0 Å². The van der Waals surface area contributed by atoms with Crippen molar-refractivity contribution in [2.45, 2.75) is 70.9 Å². The van der Waals surface area contributed by atoms with Gasteiger partial charge in [0.05, 0.1) is 5.54 Å². The molecule has 2 atom stereocenters. The van der Waals surface area contributed by atoms with E-state index in [0.717, 1.165) is 24.8 Å². The Balaban J connectivity index is 2.28. The number of halogens is 1. The number of carbonyl (C=O) groups excluding carboxylic acids is 1. The molecular formula is C20H30ClN3OS. The van der Waals surface area contributed by atoms with E-state index in [-0.39, 0.29) is 11.3 Å². The molecule has 4 N–H and O–H groups in total. The number of nitrogens with one attached hydrogen (secondary N) is 2. The van der Waals surface area contributed by atoms with Crippen LogP contribution in [-0.2, 0) is 10.3 Å². The third kappa shape index (κ3) is 4.96. The maximum Gasteiger partial charge on any atom is 0.245 e. The second kappa shape index (κ2) is 8.68. The molecule has 0 aliphatic carbocycles. The number of nitrogens with two attached hydrogens (primary N) is 1. The Labute approximate surface area is 167 Å². The molecule has 2 rings (SSSR count). The van der Waals surface area contributed by atoms with Crippen molar-refractivity contribution in [3.05, 3.63) is 34.9 Å². The molecule has 1 saturated heterocycles. The number of thiocarbonyl (C=S) groups is 1. The summed E-state index contributed by atoms with van der Waals surface area (Å²) in [6.45, 7) is 6.78. The molecule has 1 aromatic rings. The van der Waals surface area contributed by atoms with Crippen molar-refractivity contribution < 1.29 is 4.79 Å². The van der Waals surface area contributed by atoms with Crippen molar-refractivity contribution in [1.29, 1.82) is 0 Å². The van der Waals surface area contributed by atoms with Crippen LogP contribution in [0, 0.1) is 5.41 Å². The van der Waals surface area contributed by atoms with Crippen molar-refractivity contribution in [3.8, 4) is 0 Å². The van der Waals surface area contributed by atoms with Gasteiger partial charge in [0.2, 0.25) is 5.91 Å². The highest BCUT2D eigenvalue weighted by molar-refractivity contribution is 7.80. The van der Waals surface area contributed by atoms with Crippen LogP contribution in [0.2, 0.25) is 5.02 Å². The van der Waals surface area contributed by atoms with Crippen LogP contribution in [-0.4, -0.2) is 17.1 Å². The summed E-state index contributed by atoms with van der Waals surface area (Å²) >= 11 is 11.3. The van der Waals surface area contributed by atoms with Crippen LogP contribution in [0.4, 0.5) is 0 Å². The van der Waals surface area contributed by atoms with E-state index >= 15 is 0 Å². The van der Waals surface area contributed by atoms with Gasteiger partial charge in [0, 0.05) is 5.02 Å². The van der Waals surface area contributed by atoms with Gasteiger partial charge in [-0.25, -0.2) is 0 Å². The fraction of sp³-hybridized carbons (Fsp3) is 0.600. The lowest BCUT2D eigenvalue weighted by Gasteiger charge is -2.45. The molecule has 0 saturated carbocycles. The van der Waals surface area contributed by atoms with Crippen molar-refractivity contribution >= 4 is 34.8 Å². The quantitative estimate of drug-likeness (QED) is 0.454. The van der Waals surface area contributed by atoms with Gasteiger partial charge >= 0.3 is 0 Å². The predicted octanol–water partition coefficient (Wildman–Crippen LogP) is 4.25. The van der Waals surface area contributed by atoms with Crippen molar-refractivity contribution in [1.82, 2.24) is 10.6 Å². The van der Waals surface area contributed by atoms with Gasteiger partial charge in [-0.15, -0.1) is 0 Å². The minimum Gasteiger partial charge on any atom is -0.351 e. The molecular weight excluding hydrogens is 366 g/mol. The van der Waals surface area contributed by atoms with E-state index in [9.17, 15) is 4.79 Å². The number of amides is 1. The Kier molecular flexibility index (Phi) is 7.05. The molecule has 26 heavy (non-hydrogen) atoms. The summed E-state index contributed by atoms with van der Waals surface area (Å²) in [6, 6.07) is 6.80. The van der Waals surface area contributed by atoms with E-state index in [4.69, 9.17) is 29.6 Å². The van der Waals surface area contributed by atoms with Crippen molar-refractivity contribution in [2.75, 3.05) is 0 Å². The standard InChI is InChI=1S/C20H30ClN3OS/c1-4-5-6-11-19(2,3)12-13-20(14-7-9-15(21)10-8-14)16(22)17(25)23-18(26)24-20/h7-10,16H,4-6,11-13,22H2,1-3H3,(H2,23,24,25,26). The summed E-state index contributed by atoms with van der Waals surface area (Å²) in [5.74, 6) is -0.243. The van der Waals surface area contributed by atoms with E-state index in [2.05, 4.69) is 31.4 Å².